The molecule has 1 rings (SSSR count). The topological polar surface area (TPSA) is 71.4 Å². The summed E-state index contributed by atoms with van der Waals surface area (Å²) in [7, 11) is -3.68. The number of carboxylic acids is 1. The van der Waals surface area contributed by atoms with Crippen LogP contribution in [0.25, 0.3) is 0 Å². The predicted octanol–water partition coefficient (Wildman–Crippen LogP) is 2.36. The maximum Gasteiger partial charge on any atom is 0.329 e. The fourth-order valence-corrected chi connectivity index (χ4v) is 2.34. The van der Waals surface area contributed by atoms with Crippen molar-refractivity contribution in [2.45, 2.75) is 31.1 Å². The van der Waals surface area contributed by atoms with E-state index in [1.54, 1.807) is 12.1 Å². The molecule has 0 saturated heterocycles. The number of rotatable bonds is 3. The van der Waals surface area contributed by atoms with Gasteiger partial charge >= 0.3 is 5.97 Å². The van der Waals surface area contributed by atoms with Crippen molar-refractivity contribution >= 4 is 15.8 Å². The third-order valence-corrected chi connectivity index (χ3v) is 3.86. The molecule has 0 amide bonds. The zero-order valence-corrected chi connectivity index (χ0v) is 11.4. The Kier molecular flexibility index (Phi) is 3.96. The Morgan fingerprint density at radius 3 is 2.06 bits per heavy atom. The molecule has 4 nitrogen and oxygen atoms in total. The van der Waals surface area contributed by atoms with Gasteiger partial charge in [-0.15, -0.1) is 0 Å². The Balaban J connectivity index is 3.10. The van der Waals surface area contributed by atoms with Crippen LogP contribution in [0.15, 0.2) is 40.6 Å². The molecule has 0 atom stereocenters. The van der Waals surface area contributed by atoms with E-state index in [0.29, 0.717) is 11.5 Å². The van der Waals surface area contributed by atoms with Crippen LogP contribution in [0.1, 0.15) is 26.3 Å². The lowest BCUT2D eigenvalue weighted by Gasteiger charge is -2.18. The average Bonchev–Trinajstić information content (AvgIpc) is 2.26. The summed E-state index contributed by atoms with van der Waals surface area (Å²) < 4.78 is 23.5. The molecule has 0 spiro atoms. The molecule has 0 bridgehead atoms. The number of hydrogen-bond donors (Lipinski definition) is 1. The Hall–Kier alpha value is -1.62. The number of sulfone groups is 1. The third-order valence-electron chi connectivity index (χ3n) is 2.44. The maximum atomic E-state index is 11.7. The van der Waals surface area contributed by atoms with Gasteiger partial charge in [-0.05, 0) is 23.1 Å². The van der Waals surface area contributed by atoms with Crippen molar-refractivity contribution in [1.82, 2.24) is 0 Å². The van der Waals surface area contributed by atoms with Crippen molar-refractivity contribution in [3.05, 3.63) is 41.3 Å². The molecule has 0 aromatic heterocycles. The van der Waals surface area contributed by atoms with E-state index in [2.05, 4.69) is 0 Å². The number of carbonyl (C=O) groups is 1. The van der Waals surface area contributed by atoms with E-state index in [1.807, 2.05) is 20.8 Å². The molecule has 0 fully saturated rings. The van der Waals surface area contributed by atoms with Gasteiger partial charge in [-0.1, -0.05) is 32.9 Å². The number of hydrogen-bond acceptors (Lipinski definition) is 3. The summed E-state index contributed by atoms with van der Waals surface area (Å²) in [6.45, 7) is 6.09. The Bertz CT molecular complexity index is 560. The summed E-state index contributed by atoms with van der Waals surface area (Å²) in [4.78, 5) is 10.4. The molecule has 0 saturated carbocycles. The van der Waals surface area contributed by atoms with Crippen molar-refractivity contribution in [2.24, 2.45) is 0 Å². The summed E-state index contributed by atoms with van der Waals surface area (Å²) in [6, 6.07) is 6.45. The van der Waals surface area contributed by atoms with E-state index in [1.165, 1.54) is 12.1 Å². The van der Waals surface area contributed by atoms with Crippen molar-refractivity contribution in [3.63, 3.8) is 0 Å². The molecule has 98 valence electrons. The van der Waals surface area contributed by atoms with Gasteiger partial charge in [-0.2, -0.15) is 0 Å². The first-order valence-electron chi connectivity index (χ1n) is 5.39. The first-order valence-corrected chi connectivity index (χ1v) is 6.94. The predicted molar refractivity (Wildman–Crippen MR) is 69.1 cm³/mol. The summed E-state index contributed by atoms with van der Waals surface area (Å²) in [5.74, 6) is -1.29. The number of carboxylic acid groups (broad SMARTS) is 1. The molecular formula is C13H16O4S. The second-order valence-electron chi connectivity index (χ2n) is 4.96. The van der Waals surface area contributed by atoms with Crippen LogP contribution in [0, 0.1) is 0 Å². The van der Waals surface area contributed by atoms with Gasteiger partial charge < -0.3 is 5.11 Å². The van der Waals surface area contributed by atoms with E-state index >= 15 is 0 Å². The monoisotopic (exact) mass is 268 g/mol. The fourth-order valence-electron chi connectivity index (χ4n) is 1.37. The molecule has 0 aliphatic carbocycles. The highest BCUT2D eigenvalue weighted by molar-refractivity contribution is 7.94. The molecule has 18 heavy (non-hydrogen) atoms. The van der Waals surface area contributed by atoms with E-state index in [-0.39, 0.29) is 10.3 Å². The maximum absolute atomic E-state index is 11.7. The molecule has 0 aliphatic rings. The smallest absolute Gasteiger partial charge is 0.329 e. The summed E-state index contributed by atoms with van der Waals surface area (Å²) in [6.07, 6.45) is 0.618. The first kappa shape index (κ1) is 14.4. The normalized spacial score (nSPS) is 12.8. The minimum Gasteiger partial charge on any atom is -0.478 e. The van der Waals surface area contributed by atoms with E-state index in [9.17, 15) is 13.2 Å². The molecule has 5 heteroatoms. The number of benzene rings is 1. The van der Waals surface area contributed by atoms with Crippen LogP contribution in [-0.2, 0) is 20.0 Å². The second-order valence-corrected chi connectivity index (χ2v) is 6.79. The zero-order valence-electron chi connectivity index (χ0n) is 10.5. The number of aliphatic carboxylic acids is 1. The van der Waals surface area contributed by atoms with Crippen molar-refractivity contribution < 1.29 is 18.3 Å². The molecule has 1 aromatic carbocycles. The molecule has 1 N–H and O–H groups in total. The Morgan fingerprint density at radius 2 is 1.67 bits per heavy atom. The Morgan fingerprint density at radius 1 is 1.17 bits per heavy atom. The van der Waals surface area contributed by atoms with Crippen LogP contribution in [0.2, 0.25) is 0 Å². The molecular weight excluding hydrogens is 252 g/mol. The van der Waals surface area contributed by atoms with Gasteiger partial charge in [0.1, 0.15) is 0 Å². The minimum absolute atomic E-state index is 0.0564. The SMILES string of the molecule is CC(C)(C)c1ccc(S(=O)(=O)/C=C/C(=O)O)cc1. The average molecular weight is 268 g/mol. The highest BCUT2D eigenvalue weighted by Crippen LogP contribution is 2.23. The van der Waals surface area contributed by atoms with Crippen LogP contribution in [0.3, 0.4) is 0 Å². The third kappa shape index (κ3) is 3.70. The molecule has 1 aromatic rings. The lowest BCUT2D eigenvalue weighted by molar-refractivity contribution is -0.131. The van der Waals surface area contributed by atoms with Crippen molar-refractivity contribution in [3.8, 4) is 0 Å². The van der Waals surface area contributed by atoms with Gasteiger partial charge in [0, 0.05) is 11.5 Å². The molecule has 0 heterocycles. The van der Waals surface area contributed by atoms with Gasteiger partial charge in [0.15, 0.2) is 9.84 Å². The van der Waals surface area contributed by atoms with E-state index in [0.717, 1.165) is 5.56 Å². The van der Waals surface area contributed by atoms with Gasteiger partial charge in [0.25, 0.3) is 0 Å². The highest BCUT2D eigenvalue weighted by atomic mass is 32.2. The van der Waals surface area contributed by atoms with Gasteiger partial charge in [-0.3, -0.25) is 0 Å². The minimum atomic E-state index is -3.68. The lowest BCUT2D eigenvalue weighted by atomic mass is 9.87. The molecule has 0 radical (unpaired) electrons. The summed E-state index contributed by atoms with van der Waals surface area (Å²) >= 11 is 0. The van der Waals surface area contributed by atoms with E-state index in [4.69, 9.17) is 5.11 Å². The van der Waals surface area contributed by atoms with Crippen LogP contribution >= 0.6 is 0 Å². The summed E-state index contributed by atoms with van der Waals surface area (Å²) in [5.41, 5.74) is 0.961. The van der Waals surface area contributed by atoms with Crippen LogP contribution in [-0.4, -0.2) is 19.5 Å². The fraction of sp³-hybridized carbons (Fsp3) is 0.308. The van der Waals surface area contributed by atoms with Crippen LogP contribution < -0.4 is 0 Å². The quantitative estimate of drug-likeness (QED) is 0.854. The lowest BCUT2D eigenvalue weighted by Crippen LogP contribution is -2.11. The second kappa shape index (κ2) is 4.94. The summed E-state index contributed by atoms with van der Waals surface area (Å²) in [5, 5.41) is 9.12. The van der Waals surface area contributed by atoms with Crippen molar-refractivity contribution in [1.29, 1.82) is 0 Å². The first-order chi connectivity index (χ1) is 8.13. The van der Waals surface area contributed by atoms with Crippen LogP contribution in [0.4, 0.5) is 0 Å². The van der Waals surface area contributed by atoms with Crippen molar-refractivity contribution in [2.75, 3.05) is 0 Å². The van der Waals surface area contributed by atoms with E-state index < -0.39 is 15.8 Å². The standard InChI is InChI=1S/C13H16O4S/c1-13(2,3)10-4-6-11(7-5-10)18(16,17)9-8-12(14)15/h4-9H,1-3H3,(H,14,15)/b9-8+. The highest BCUT2D eigenvalue weighted by Gasteiger charge is 2.16. The molecule has 0 unspecified atom stereocenters. The zero-order chi connectivity index (χ0) is 14.0. The van der Waals surface area contributed by atoms with Gasteiger partial charge in [0.05, 0.1) is 4.90 Å². The van der Waals surface area contributed by atoms with Gasteiger partial charge in [0.2, 0.25) is 0 Å². The van der Waals surface area contributed by atoms with Gasteiger partial charge in [-0.25, -0.2) is 13.2 Å². The largest absolute Gasteiger partial charge is 0.478 e. The molecule has 0 aliphatic heterocycles. The van der Waals surface area contributed by atoms with Crippen LogP contribution in [0.5, 0.6) is 0 Å². The Labute approximate surface area is 107 Å².